The van der Waals surface area contributed by atoms with Gasteiger partial charge in [-0.05, 0) is 42.7 Å². The average molecular weight is 466 g/mol. The van der Waals surface area contributed by atoms with Gasteiger partial charge in [-0.3, -0.25) is 14.2 Å². The SMILES string of the molecule is COc1cccc(C(=O)N2CCc3c(nc(C)n(C(c4ccccc4)c4ccccc4)c3=O)C2)c1. The zero-order chi connectivity index (χ0) is 24.4. The van der Waals surface area contributed by atoms with E-state index in [-0.39, 0.29) is 17.5 Å². The molecule has 1 aliphatic rings. The molecule has 0 atom stereocenters. The second-order valence-electron chi connectivity index (χ2n) is 8.69. The lowest BCUT2D eigenvalue weighted by atomic mass is 9.97. The number of amides is 1. The van der Waals surface area contributed by atoms with Crippen molar-refractivity contribution < 1.29 is 9.53 Å². The van der Waals surface area contributed by atoms with Crippen LogP contribution in [0.15, 0.2) is 89.7 Å². The van der Waals surface area contributed by atoms with Crippen LogP contribution in [0.25, 0.3) is 0 Å². The Kier molecular flexibility index (Phi) is 6.19. The number of carbonyl (C=O) groups is 1. The van der Waals surface area contributed by atoms with Gasteiger partial charge in [0.2, 0.25) is 0 Å². The lowest BCUT2D eigenvalue weighted by Gasteiger charge is -2.30. The number of fused-ring (bicyclic) bond motifs is 1. The molecule has 0 unspecified atom stereocenters. The molecule has 0 spiro atoms. The molecule has 0 radical (unpaired) electrons. The van der Waals surface area contributed by atoms with E-state index < -0.39 is 0 Å². The van der Waals surface area contributed by atoms with E-state index >= 15 is 0 Å². The largest absolute Gasteiger partial charge is 0.497 e. The van der Waals surface area contributed by atoms with Crippen LogP contribution in [-0.2, 0) is 13.0 Å². The fourth-order valence-electron chi connectivity index (χ4n) is 4.80. The fourth-order valence-corrected chi connectivity index (χ4v) is 4.80. The Balaban J connectivity index is 1.53. The smallest absolute Gasteiger partial charge is 0.257 e. The highest BCUT2D eigenvalue weighted by Crippen LogP contribution is 2.28. The average Bonchev–Trinajstić information content (AvgIpc) is 2.91. The van der Waals surface area contributed by atoms with Crippen LogP contribution in [0.2, 0.25) is 0 Å². The van der Waals surface area contributed by atoms with Crippen molar-refractivity contribution in [3.63, 3.8) is 0 Å². The van der Waals surface area contributed by atoms with Crippen molar-refractivity contribution in [1.29, 1.82) is 0 Å². The Hall–Kier alpha value is -4.19. The van der Waals surface area contributed by atoms with E-state index in [1.165, 1.54) is 0 Å². The minimum Gasteiger partial charge on any atom is -0.497 e. The van der Waals surface area contributed by atoms with Gasteiger partial charge in [0.05, 0.1) is 25.4 Å². The Bertz CT molecular complexity index is 1380. The van der Waals surface area contributed by atoms with E-state index in [0.29, 0.717) is 47.9 Å². The predicted octanol–water partition coefficient (Wildman–Crippen LogP) is 4.40. The van der Waals surface area contributed by atoms with Gasteiger partial charge in [0, 0.05) is 17.7 Å². The highest BCUT2D eigenvalue weighted by molar-refractivity contribution is 5.94. The summed E-state index contributed by atoms with van der Waals surface area (Å²) in [4.78, 5) is 33.6. The zero-order valence-electron chi connectivity index (χ0n) is 19.8. The van der Waals surface area contributed by atoms with Gasteiger partial charge >= 0.3 is 0 Å². The van der Waals surface area contributed by atoms with E-state index in [1.807, 2.05) is 73.7 Å². The van der Waals surface area contributed by atoms with Gasteiger partial charge in [-0.1, -0.05) is 66.7 Å². The number of benzene rings is 3. The molecule has 0 aliphatic carbocycles. The lowest BCUT2D eigenvalue weighted by Crippen LogP contribution is -2.42. The van der Waals surface area contributed by atoms with Crippen LogP contribution in [0.1, 0.15) is 44.6 Å². The van der Waals surface area contributed by atoms with Crippen LogP contribution in [0.5, 0.6) is 5.75 Å². The molecule has 0 saturated carbocycles. The Morgan fingerprint density at radius 1 is 0.943 bits per heavy atom. The van der Waals surface area contributed by atoms with Crippen molar-refractivity contribution in [2.75, 3.05) is 13.7 Å². The highest BCUT2D eigenvalue weighted by atomic mass is 16.5. The van der Waals surface area contributed by atoms with Crippen molar-refractivity contribution in [2.24, 2.45) is 0 Å². The molecule has 176 valence electrons. The molecule has 4 aromatic rings. The van der Waals surface area contributed by atoms with Crippen molar-refractivity contribution in [3.05, 3.63) is 129 Å². The first-order valence-corrected chi connectivity index (χ1v) is 11.7. The maximum Gasteiger partial charge on any atom is 0.257 e. The van der Waals surface area contributed by atoms with E-state index in [1.54, 1.807) is 34.8 Å². The summed E-state index contributed by atoms with van der Waals surface area (Å²) >= 11 is 0. The van der Waals surface area contributed by atoms with Gasteiger partial charge in [0.1, 0.15) is 11.6 Å². The third-order valence-corrected chi connectivity index (χ3v) is 6.54. The van der Waals surface area contributed by atoms with Gasteiger partial charge < -0.3 is 9.64 Å². The van der Waals surface area contributed by atoms with Gasteiger partial charge in [-0.2, -0.15) is 0 Å². The summed E-state index contributed by atoms with van der Waals surface area (Å²) in [7, 11) is 1.58. The summed E-state index contributed by atoms with van der Waals surface area (Å²) in [6.07, 6.45) is 0.466. The van der Waals surface area contributed by atoms with Crippen LogP contribution < -0.4 is 10.3 Å². The molecular formula is C29H27N3O3. The molecule has 0 bridgehead atoms. The summed E-state index contributed by atoms with van der Waals surface area (Å²) in [5, 5.41) is 0. The zero-order valence-corrected chi connectivity index (χ0v) is 19.8. The first kappa shape index (κ1) is 22.6. The molecule has 1 aliphatic heterocycles. The number of aromatic nitrogens is 2. The van der Waals surface area contributed by atoms with E-state index in [4.69, 9.17) is 9.72 Å². The minimum absolute atomic E-state index is 0.0429. The summed E-state index contributed by atoms with van der Waals surface area (Å²) in [5.41, 5.74) is 3.92. The Morgan fingerprint density at radius 3 is 2.23 bits per heavy atom. The monoisotopic (exact) mass is 465 g/mol. The van der Waals surface area contributed by atoms with Gasteiger partial charge in [0.25, 0.3) is 11.5 Å². The van der Waals surface area contributed by atoms with Crippen molar-refractivity contribution in [2.45, 2.75) is 25.9 Å². The van der Waals surface area contributed by atoms with Crippen LogP contribution in [-0.4, -0.2) is 34.0 Å². The number of carbonyl (C=O) groups excluding carboxylic acids is 1. The molecule has 6 heteroatoms. The minimum atomic E-state index is -0.279. The van der Waals surface area contributed by atoms with Crippen LogP contribution in [0.3, 0.4) is 0 Å². The van der Waals surface area contributed by atoms with E-state index in [9.17, 15) is 9.59 Å². The number of aryl methyl sites for hydroxylation is 1. The van der Waals surface area contributed by atoms with E-state index in [0.717, 1.165) is 11.1 Å². The van der Waals surface area contributed by atoms with Gasteiger partial charge in [-0.15, -0.1) is 0 Å². The molecule has 6 nitrogen and oxygen atoms in total. The molecule has 2 heterocycles. The molecule has 0 N–H and O–H groups in total. The first-order valence-electron chi connectivity index (χ1n) is 11.7. The van der Waals surface area contributed by atoms with Crippen molar-refractivity contribution >= 4 is 5.91 Å². The Morgan fingerprint density at radius 2 is 1.60 bits per heavy atom. The number of ether oxygens (including phenoxy) is 1. The quantitative estimate of drug-likeness (QED) is 0.438. The molecule has 3 aromatic carbocycles. The maximum atomic E-state index is 13.9. The third-order valence-electron chi connectivity index (χ3n) is 6.54. The maximum absolute atomic E-state index is 13.9. The summed E-state index contributed by atoms with van der Waals surface area (Å²) in [6, 6.07) is 26.9. The normalized spacial score (nSPS) is 12.9. The number of methoxy groups -OCH3 is 1. The second kappa shape index (κ2) is 9.58. The molecule has 5 rings (SSSR count). The second-order valence-corrected chi connectivity index (χ2v) is 8.69. The van der Waals surface area contributed by atoms with Crippen molar-refractivity contribution in [1.82, 2.24) is 14.5 Å². The van der Waals surface area contributed by atoms with Crippen LogP contribution in [0.4, 0.5) is 0 Å². The number of hydrogen-bond acceptors (Lipinski definition) is 4. The molecule has 35 heavy (non-hydrogen) atoms. The number of nitrogens with zero attached hydrogens (tertiary/aromatic N) is 3. The standard InChI is InChI=1S/C29H27N3O3/c1-20-30-26-19-31(28(33)23-14-9-15-24(18-23)35-2)17-16-25(26)29(34)32(20)27(21-10-5-3-6-11-21)22-12-7-4-8-13-22/h3-15,18,27H,16-17,19H2,1-2H3. The molecule has 0 saturated heterocycles. The number of hydrogen-bond donors (Lipinski definition) is 0. The molecule has 0 fully saturated rings. The summed E-state index contributed by atoms with van der Waals surface area (Å²) < 4.78 is 7.06. The Labute approximate surface area is 204 Å². The molecule has 1 amide bonds. The molecule has 1 aromatic heterocycles. The number of rotatable bonds is 5. The van der Waals surface area contributed by atoms with Gasteiger partial charge in [0.15, 0.2) is 0 Å². The third kappa shape index (κ3) is 4.35. The van der Waals surface area contributed by atoms with Crippen LogP contribution >= 0.6 is 0 Å². The first-order chi connectivity index (χ1) is 17.1. The topological polar surface area (TPSA) is 64.4 Å². The highest BCUT2D eigenvalue weighted by Gasteiger charge is 2.29. The van der Waals surface area contributed by atoms with E-state index in [2.05, 4.69) is 0 Å². The predicted molar refractivity (Wildman–Crippen MR) is 135 cm³/mol. The van der Waals surface area contributed by atoms with Crippen LogP contribution in [0, 0.1) is 6.92 Å². The van der Waals surface area contributed by atoms with Crippen molar-refractivity contribution in [3.8, 4) is 5.75 Å². The molecular weight excluding hydrogens is 438 g/mol. The summed E-state index contributed by atoms with van der Waals surface area (Å²) in [5.74, 6) is 1.17. The fraction of sp³-hybridized carbons (Fsp3) is 0.207. The van der Waals surface area contributed by atoms with Gasteiger partial charge in [-0.25, -0.2) is 4.98 Å². The summed E-state index contributed by atoms with van der Waals surface area (Å²) in [6.45, 7) is 2.64. The lowest BCUT2D eigenvalue weighted by molar-refractivity contribution is 0.0730.